The third-order valence-corrected chi connectivity index (χ3v) is 4.72. The molecule has 0 rings (SSSR count). The second kappa shape index (κ2) is 10.5. The Morgan fingerprint density at radius 2 is 1.00 bits per heavy atom. The monoisotopic (exact) mass is 402 g/mol. The third kappa shape index (κ3) is 9.12. The van der Waals surface area contributed by atoms with Crippen molar-refractivity contribution in [2.45, 2.75) is 51.6 Å². The number of rotatable bonds is 10. The Morgan fingerprint density at radius 3 is 1.26 bits per heavy atom. The number of hydrogen-bond acceptors (Lipinski definition) is 5. The van der Waals surface area contributed by atoms with E-state index in [9.17, 15) is 19.2 Å². The maximum absolute atomic E-state index is 12.0. The fraction of sp³-hybridized carbons (Fsp3) is 0.778. The molecule has 156 valence electrons. The summed E-state index contributed by atoms with van der Waals surface area (Å²) in [6.07, 6.45) is 0.530. The van der Waals surface area contributed by atoms with Gasteiger partial charge >= 0.3 is 0 Å². The predicted octanol–water partition coefficient (Wildman–Crippen LogP) is 0.466. The maximum atomic E-state index is 12.0. The summed E-state index contributed by atoms with van der Waals surface area (Å²) in [5.41, 5.74) is -1.90. The number of carbonyl (C=O) groups is 4. The van der Waals surface area contributed by atoms with Crippen LogP contribution in [0.4, 0.5) is 0 Å². The summed E-state index contributed by atoms with van der Waals surface area (Å²) < 4.78 is 0. The Labute approximate surface area is 166 Å². The van der Waals surface area contributed by atoms with Gasteiger partial charge in [0, 0.05) is 52.5 Å². The van der Waals surface area contributed by atoms with E-state index in [1.807, 2.05) is 0 Å². The molecular formula is C18H34N4O4S. The number of thioether (sulfide) groups is 1. The van der Waals surface area contributed by atoms with Crippen LogP contribution in [0.5, 0.6) is 0 Å². The predicted molar refractivity (Wildman–Crippen MR) is 108 cm³/mol. The van der Waals surface area contributed by atoms with Crippen LogP contribution in [0.1, 0.15) is 40.5 Å². The molecule has 0 bridgehead atoms. The standard InChI is InChI=1S/C18H34N4O4S/c1-17(2,15(25)21(5)6)19-13(23)9-11-27-12-10-14(24)20-18(3,4)16(26)22(7)8/h9-12H2,1-8H3,(H,19,23)(H,20,24). The van der Waals surface area contributed by atoms with Crippen molar-refractivity contribution in [3.63, 3.8) is 0 Å². The molecule has 0 radical (unpaired) electrons. The minimum Gasteiger partial charge on any atom is -0.347 e. The van der Waals surface area contributed by atoms with Crippen LogP contribution in [-0.2, 0) is 19.2 Å². The Kier molecular flexibility index (Phi) is 9.84. The van der Waals surface area contributed by atoms with Crippen LogP contribution in [0.15, 0.2) is 0 Å². The van der Waals surface area contributed by atoms with E-state index in [4.69, 9.17) is 0 Å². The molecule has 0 saturated carbocycles. The van der Waals surface area contributed by atoms with Gasteiger partial charge in [0.25, 0.3) is 0 Å². The normalized spacial score (nSPS) is 11.6. The highest BCUT2D eigenvalue weighted by molar-refractivity contribution is 7.99. The molecule has 0 fully saturated rings. The van der Waals surface area contributed by atoms with E-state index in [0.29, 0.717) is 11.5 Å². The van der Waals surface area contributed by atoms with E-state index in [-0.39, 0.29) is 36.5 Å². The van der Waals surface area contributed by atoms with E-state index in [1.54, 1.807) is 55.9 Å². The topological polar surface area (TPSA) is 98.8 Å². The minimum absolute atomic E-state index is 0.171. The lowest BCUT2D eigenvalue weighted by atomic mass is 10.0. The van der Waals surface area contributed by atoms with Crippen molar-refractivity contribution in [2.24, 2.45) is 0 Å². The van der Waals surface area contributed by atoms with Crippen LogP contribution in [0.25, 0.3) is 0 Å². The average Bonchev–Trinajstić information content (AvgIpc) is 2.51. The zero-order valence-corrected chi connectivity index (χ0v) is 18.6. The zero-order valence-electron chi connectivity index (χ0n) is 17.8. The molecule has 0 aliphatic heterocycles. The van der Waals surface area contributed by atoms with E-state index in [0.717, 1.165) is 0 Å². The summed E-state index contributed by atoms with van der Waals surface area (Å²) >= 11 is 1.48. The summed E-state index contributed by atoms with van der Waals surface area (Å²) in [7, 11) is 6.57. The molecule has 0 saturated heterocycles. The lowest BCUT2D eigenvalue weighted by Gasteiger charge is -2.28. The van der Waals surface area contributed by atoms with Crippen molar-refractivity contribution in [1.82, 2.24) is 20.4 Å². The number of likely N-dealkylation sites (N-methyl/N-ethyl adjacent to an activating group) is 2. The minimum atomic E-state index is -0.949. The molecule has 0 aromatic rings. The summed E-state index contributed by atoms with van der Waals surface area (Å²) in [6, 6.07) is 0. The van der Waals surface area contributed by atoms with Gasteiger partial charge in [0.15, 0.2) is 0 Å². The Bertz CT molecular complexity index is 512. The lowest BCUT2D eigenvalue weighted by molar-refractivity contribution is -0.138. The van der Waals surface area contributed by atoms with E-state index >= 15 is 0 Å². The molecular weight excluding hydrogens is 368 g/mol. The molecule has 0 aromatic carbocycles. The number of nitrogens with zero attached hydrogens (tertiary/aromatic N) is 2. The van der Waals surface area contributed by atoms with Crippen LogP contribution >= 0.6 is 11.8 Å². The molecule has 0 unspecified atom stereocenters. The molecule has 4 amide bonds. The fourth-order valence-corrected chi connectivity index (χ4v) is 3.34. The molecule has 9 heteroatoms. The van der Waals surface area contributed by atoms with Crippen molar-refractivity contribution in [2.75, 3.05) is 39.7 Å². The second-order valence-corrected chi connectivity index (χ2v) is 9.08. The Balaban J connectivity index is 4.16. The van der Waals surface area contributed by atoms with Gasteiger partial charge in [0.05, 0.1) is 0 Å². The zero-order chi connectivity index (χ0) is 21.4. The highest BCUT2D eigenvalue weighted by Crippen LogP contribution is 2.10. The quantitative estimate of drug-likeness (QED) is 0.518. The number of hydrogen-bond donors (Lipinski definition) is 2. The van der Waals surface area contributed by atoms with Crippen molar-refractivity contribution >= 4 is 35.4 Å². The molecule has 0 spiro atoms. The molecule has 27 heavy (non-hydrogen) atoms. The van der Waals surface area contributed by atoms with Crippen LogP contribution in [0.3, 0.4) is 0 Å². The number of carbonyl (C=O) groups excluding carboxylic acids is 4. The van der Waals surface area contributed by atoms with Crippen LogP contribution in [0.2, 0.25) is 0 Å². The fourth-order valence-electron chi connectivity index (χ4n) is 2.48. The molecule has 0 heterocycles. The maximum Gasteiger partial charge on any atom is 0.247 e. The first kappa shape index (κ1) is 25.2. The van der Waals surface area contributed by atoms with Gasteiger partial charge in [-0.15, -0.1) is 0 Å². The summed E-state index contributed by atoms with van der Waals surface area (Å²) in [6.45, 7) is 6.67. The van der Waals surface area contributed by atoms with Crippen LogP contribution in [0, 0.1) is 0 Å². The highest BCUT2D eigenvalue weighted by atomic mass is 32.2. The second-order valence-electron chi connectivity index (χ2n) is 7.86. The summed E-state index contributed by atoms with van der Waals surface area (Å²) in [4.78, 5) is 50.8. The van der Waals surface area contributed by atoms with Gasteiger partial charge in [-0.3, -0.25) is 19.2 Å². The van der Waals surface area contributed by atoms with Gasteiger partial charge in [-0.05, 0) is 27.7 Å². The average molecular weight is 403 g/mol. The first-order valence-corrected chi connectivity index (χ1v) is 9.99. The molecule has 2 N–H and O–H groups in total. The molecule has 0 aromatic heterocycles. The van der Waals surface area contributed by atoms with Crippen molar-refractivity contribution < 1.29 is 19.2 Å². The first-order valence-electron chi connectivity index (χ1n) is 8.84. The van der Waals surface area contributed by atoms with Gasteiger partial charge in [-0.25, -0.2) is 0 Å². The van der Waals surface area contributed by atoms with E-state index in [1.165, 1.54) is 21.6 Å². The molecule has 0 atom stereocenters. The van der Waals surface area contributed by atoms with E-state index < -0.39 is 11.1 Å². The largest absolute Gasteiger partial charge is 0.347 e. The number of nitrogens with one attached hydrogen (secondary N) is 2. The molecule has 0 aliphatic carbocycles. The number of amides is 4. The summed E-state index contributed by atoms with van der Waals surface area (Å²) in [5.74, 6) is 0.344. The lowest BCUT2D eigenvalue weighted by Crippen LogP contribution is -2.54. The van der Waals surface area contributed by atoms with Crippen molar-refractivity contribution in [1.29, 1.82) is 0 Å². The Hall–Kier alpha value is -1.77. The van der Waals surface area contributed by atoms with Gasteiger partial charge in [-0.2, -0.15) is 11.8 Å². The Morgan fingerprint density at radius 1 is 0.704 bits per heavy atom. The van der Waals surface area contributed by atoms with Crippen LogP contribution in [-0.4, -0.2) is 84.2 Å². The van der Waals surface area contributed by atoms with Gasteiger partial charge in [-0.1, -0.05) is 0 Å². The molecule has 0 aliphatic rings. The first-order chi connectivity index (χ1) is 12.2. The smallest absolute Gasteiger partial charge is 0.247 e. The van der Waals surface area contributed by atoms with Gasteiger partial charge < -0.3 is 20.4 Å². The highest BCUT2D eigenvalue weighted by Gasteiger charge is 2.31. The van der Waals surface area contributed by atoms with Gasteiger partial charge in [0.1, 0.15) is 11.1 Å². The van der Waals surface area contributed by atoms with Crippen molar-refractivity contribution in [3.8, 4) is 0 Å². The van der Waals surface area contributed by atoms with Gasteiger partial charge in [0.2, 0.25) is 23.6 Å². The third-order valence-electron chi connectivity index (χ3n) is 3.73. The van der Waals surface area contributed by atoms with Crippen molar-refractivity contribution in [3.05, 3.63) is 0 Å². The summed E-state index contributed by atoms with van der Waals surface area (Å²) in [5, 5.41) is 5.45. The van der Waals surface area contributed by atoms with Crippen LogP contribution < -0.4 is 10.6 Å². The SMILES string of the molecule is CN(C)C(=O)C(C)(C)NC(=O)CCSCCC(=O)NC(C)(C)C(=O)N(C)C. The van der Waals surface area contributed by atoms with E-state index in [2.05, 4.69) is 10.6 Å². The molecule has 8 nitrogen and oxygen atoms in total.